The lowest BCUT2D eigenvalue weighted by atomic mass is 10.2. The second-order valence-corrected chi connectivity index (χ2v) is 6.17. The quantitative estimate of drug-likeness (QED) is 0.563. The van der Waals surface area contributed by atoms with Crippen molar-refractivity contribution in [2.45, 2.75) is 6.92 Å². The Morgan fingerprint density at radius 3 is 2.58 bits per heavy atom. The van der Waals surface area contributed by atoms with Crippen molar-refractivity contribution in [2.24, 2.45) is 0 Å². The van der Waals surface area contributed by atoms with Crippen LogP contribution in [0, 0.1) is 6.92 Å². The number of hydrogen-bond acceptors (Lipinski definition) is 4. The molecule has 8 heteroatoms. The highest BCUT2D eigenvalue weighted by Crippen LogP contribution is 2.23. The third-order valence-electron chi connectivity index (χ3n) is 3.42. The van der Waals surface area contributed by atoms with Crippen LogP contribution in [0.5, 0.6) is 5.75 Å². The first-order valence-electron chi connectivity index (χ1n) is 7.72. The molecule has 2 aromatic carbocycles. The summed E-state index contributed by atoms with van der Waals surface area (Å²) in [5.41, 5.74) is 1.50. The van der Waals surface area contributed by atoms with Crippen LogP contribution in [-0.2, 0) is 4.74 Å². The average Bonchev–Trinajstić information content (AvgIpc) is 2.61. The summed E-state index contributed by atoms with van der Waals surface area (Å²) in [4.78, 5) is 23.5. The van der Waals surface area contributed by atoms with Crippen LogP contribution in [0.1, 0.15) is 15.9 Å². The molecule has 0 spiro atoms. The molecule has 6 nitrogen and oxygen atoms in total. The monoisotopic (exact) mass is 396 g/mol. The number of carbonyl (C=O) groups is 2. The predicted octanol–water partition coefficient (Wildman–Crippen LogP) is 4.29. The number of carbonyl (C=O) groups excluding carboxylic acids is 2. The maximum atomic E-state index is 12.0. The Kier molecular flexibility index (Phi) is 7.12. The Balaban J connectivity index is 1.84. The van der Waals surface area contributed by atoms with Gasteiger partial charge in [0, 0.05) is 5.02 Å². The number of esters is 1. The van der Waals surface area contributed by atoms with E-state index < -0.39 is 12.0 Å². The highest BCUT2D eigenvalue weighted by Gasteiger charge is 2.11. The number of halogens is 2. The van der Waals surface area contributed by atoms with Crippen LogP contribution in [0.4, 0.5) is 10.5 Å². The van der Waals surface area contributed by atoms with E-state index in [2.05, 4.69) is 15.4 Å². The lowest BCUT2D eigenvalue weighted by molar-refractivity contribution is 0.0600. The largest absolute Gasteiger partial charge is 0.491 e. The molecule has 0 aliphatic rings. The van der Waals surface area contributed by atoms with Gasteiger partial charge >= 0.3 is 12.0 Å². The minimum atomic E-state index is -0.517. The van der Waals surface area contributed by atoms with Crippen molar-refractivity contribution in [1.29, 1.82) is 0 Å². The summed E-state index contributed by atoms with van der Waals surface area (Å²) in [6.07, 6.45) is 0. The zero-order chi connectivity index (χ0) is 19.1. The highest BCUT2D eigenvalue weighted by molar-refractivity contribution is 6.33. The van der Waals surface area contributed by atoms with Gasteiger partial charge in [-0.15, -0.1) is 0 Å². The van der Waals surface area contributed by atoms with Crippen LogP contribution in [0.2, 0.25) is 10.0 Å². The molecule has 2 N–H and O–H groups in total. The van der Waals surface area contributed by atoms with Gasteiger partial charge in [0.15, 0.2) is 0 Å². The number of aryl methyl sites for hydroxylation is 1. The molecule has 0 saturated carbocycles. The topological polar surface area (TPSA) is 76.7 Å². The van der Waals surface area contributed by atoms with Crippen molar-refractivity contribution in [3.8, 4) is 5.75 Å². The molecule has 0 heterocycles. The van der Waals surface area contributed by atoms with Crippen molar-refractivity contribution in [2.75, 3.05) is 25.6 Å². The van der Waals surface area contributed by atoms with Gasteiger partial charge in [-0.05, 0) is 48.9 Å². The first-order chi connectivity index (χ1) is 12.4. The van der Waals surface area contributed by atoms with Gasteiger partial charge in [-0.2, -0.15) is 0 Å². The number of nitrogens with one attached hydrogen (secondary N) is 2. The van der Waals surface area contributed by atoms with E-state index in [1.54, 1.807) is 18.2 Å². The standard InChI is InChI=1S/C18H18Cl2N2O4/c1-11-9-13(19)4-6-16(11)26-8-7-21-18(24)22-15-10-12(17(23)25-2)3-5-14(15)20/h3-6,9-10H,7-8H2,1-2H3,(H2,21,22,24). The summed E-state index contributed by atoms with van der Waals surface area (Å²) in [6.45, 7) is 2.45. The van der Waals surface area contributed by atoms with Gasteiger partial charge in [0.2, 0.25) is 0 Å². The fourth-order valence-corrected chi connectivity index (χ4v) is 2.52. The molecule has 0 aliphatic heterocycles. The Morgan fingerprint density at radius 1 is 1.12 bits per heavy atom. The van der Waals surface area contributed by atoms with E-state index >= 15 is 0 Å². The van der Waals surface area contributed by atoms with Crippen molar-refractivity contribution in [3.05, 3.63) is 57.6 Å². The van der Waals surface area contributed by atoms with E-state index in [0.717, 1.165) is 5.56 Å². The third kappa shape index (κ3) is 5.54. The van der Waals surface area contributed by atoms with E-state index in [4.69, 9.17) is 27.9 Å². The van der Waals surface area contributed by atoms with E-state index in [-0.39, 0.29) is 18.7 Å². The summed E-state index contributed by atoms with van der Waals surface area (Å²) >= 11 is 11.9. The van der Waals surface area contributed by atoms with Gasteiger partial charge in [-0.3, -0.25) is 0 Å². The molecule has 0 radical (unpaired) electrons. The van der Waals surface area contributed by atoms with Crippen LogP contribution in [0.25, 0.3) is 0 Å². The molecule has 0 aromatic heterocycles. The SMILES string of the molecule is COC(=O)c1ccc(Cl)c(NC(=O)NCCOc2ccc(Cl)cc2C)c1. The minimum Gasteiger partial charge on any atom is -0.491 e. The van der Waals surface area contributed by atoms with Crippen molar-refractivity contribution in [3.63, 3.8) is 0 Å². The highest BCUT2D eigenvalue weighted by atomic mass is 35.5. The van der Waals surface area contributed by atoms with Crippen LogP contribution in [0.3, 0.4) is 0 Å². The average molecular weight is 397 g/mol. The predicted molar refractivity (Wildman–Crippen MR) is 101 cm³/mol. The molecule has 0 atom stereocenters. The number of ether oxygens (including phenoxy) is 2. The number of benzene rings is 2. The first-order valence-corrected chi connectivity index (χ1v) is 8.48. The van der Waals surface area contributed by atoms with Crippen LogP contribution < -0.4 is 15.4 Å². The van der Waals surface area contributed by atoms with Crippen LogP contribution in [-0.4, -0.2) is 32.3 Å². The van der Waals surface area contributed by atoms with Crippen molar-refractivity contribution < 1.29 is 19.1 Å². The van der Waals surface area contributed by atoms with Gasteiger partial charge in [-0.25, -0.2) is 9.59 Å². The summed E-state index contributed by atoms with van der Waals surface area (Å²) < 4.78 is 10.2. The molecule has 2 rings (SSSR count). The lowest BCUT2D eigenvalue weighted by Gasteiger charge is -2.12. The Morgan fingerprint density at radius 2 is 1.88 bits per heavy atom. The lowest BCUT2D eigenvalue weighted by Crippen LogP contribution is -2.32. The zero-order valence-electron chi connectivity index (χ0n) is 14.3. The van der Waals surface area contributed by atoms with Gasteiger partial charge in [0.1, 0.15) is 12.4 Å². The minimum absolute atomic E-state index is 0.280. The smallest absolute Gasteiger partial charge is 0.337 e. The maximum absolute atomic E-state index is 12.0. The fraction of sp³-hybridized carbons (Fsp3) is 0.222. The number of rotatable bonds is 6. The summed E-state index contributed by atoms with van der Waals surface area (Å²) in [6, 6.07) is 9.31. The second kappa shape index (κ2) is 9.31. The van der Waals surface area contributed by atoms with E-state index in [0.29, 0.717) is 21.5 Å². The Labute approximate surface area is 161 Å². The molecule has 138 valence electrons. The van der Waals surface area contributed by atoms with Gasteiger partial charge in [0.05, 0.1) is 29.9 Å². The number of anilines is 1. The fourth-order valence-electron chi connectivity index (χ4n) is 2.13. The Hall–Kier alpha value is -2.44. The number of methoxy groups -OCH3 is 1. The molecule has 0 unspecified atom stereocenters. The Bertz CT molecular complexity index is 812. The molecular formula is C18H18Cl2N2O4. The van der Waals surface area contributed by atoms with Crippen molar-refractivity contribution in [1.82, 2.24) is 5.32 Å². The van der Waals surface area contributed by atoms with Crippen LogP contribution in [0.15, 0.2) is 36.4 Å². The normalized spacial score (nSPS) is 10.2. The summed E-state index contributed by atoms with van der Waals surface area (Å²) in [7, 11) is 1.28. The summed E-state index contributed by atoms with van der Waals surface area (Å²) in [5.74, 6) is 0.183. The van der Waals surface area contributed by atoms with Gasteiger partial charge in [-0.1, -0.05) is 23.2 Å². The summed E-state index contributed by atoms with van der Waals surface area (Å²) in [5, 5.41) is 6.17. The maximum Gasteiger partial charge on any atom is 0.337 e. The van der Waals surface area contributed by atoms with Gasteiger partial charge in [0.25, 0.3) is 0 Å². The van der Waals surface area contributed by atoms with E-state index in [1.807, 2.05) is 6.92 Å². The molecule has 2 amide bonds. The molecule has 0 saturated heterocycles. The number of urea groups is 1. The van der Waals surface area contributed by atoms with Gasteiger partial charge < -0.3 is 20.1 Å². The molecular weight excluding hydrogens is 379 g/mol. The second-order valence-electron chi connectivity index (χ2n) is 5.33. The number of amides is 2. The van der Waals surface area contributed by atoms with E-state index in [1.165, 1.54) is 25.3 Å². The van der Waals surface area contributed by atoms with Crippen LogP contribution >= 0.6 is 23.2 Å². The third-order valence-corrected chi connectivity index (χ3v) is 3.98. The molecule has 0 aliphatic carbocycles. The molecule has 26 heavy (non-hydrogen) atoms. The van der Waals surface area contributed by atoms with Crippen molar-refractivity contribution >= 4 is 40.9 Å². The van der Waals surface area contributed by atoms with E-state index in [9.17, 15) is 9.59 Å². The first kappa shape index (κ1) is 19.9. The number of hydrogen-bond donors (Lipinski definition) is 2. The molecule has 0 fully saturated rings. The zero-order valence-corrected chi connectivity index (χ0v) is 15.8. The molecule has 0 bridgehead atoms. The molecule has 2 aromatic rings.